The minimum absolute atomic E-state index is 0.150. The summed E-state index contributed by atoms with van der Waals surface area (Å²) < 4.78 is 2.79. The number of hydrogen-bond donors (Lipinski definition) is 0. The minimum atomic E-state index is 0.150. The van der Waals surface area contributed by atoms with Crippen molar-refractivity contribution in [1.82, 2.24) is 9.55 Å². The van der Waals surface area contributed by atoms with Crippen molar-refractivity contribution in [1.29, 1.82) is 0 Å². The highest BCUT2D eigenvalue weighted by Gasteiger charge is 2.22. The number of nitrogens with zero attached hydrogens (tertiary/aromatic N) is 2. The average Bonchev–Trinajstić information content (AvgIpc) is 3.10. The Morgan fingerprint density at radius 2 is 1.92 bits per heavy atom. The van der Waals surface area contributed by atoms with Crippen molar-refractivity contribution in [3.63, 3.8) is 0 Å². The van der Waals surface area contributed by atoms with Crippen molar-refractivity contribution in [3.05, 3.63) is 57.7 Å². The van der Waals surface area contributed by atoms with Gasteiger partial charge in [-0.2, -0.15) is 0 Å². The summed E-state index contributed by atoms with van der Waals surface area (Å²) in [6, 6.07) is 12.7. The fourth-order valence-corrected chi connectivity index (χ4v) is 5.18. The van der Waals surface area contributed by atoms with E-state index in [-0.39, 0.29) is 5.56 Å². The Balaban J connectivity index is 1.72. The second-order valence-corrected chi connectivity index (χ2v) is 8.13. The molecule has 0 spiro atoms. The number of hydrogen-bond acceptors (Lipinski definition) is 4. The molecule has 1 aliphatic carbocycles. The van der Waals surface area contributed by atoms with E-state index in [9.17, 15) is 4.79 Å². The normalized spacial score (nSPS) is 15.8. The lowest BCUT2D eigenvalue weighted by atomic mass is 9.95. The molecule has 1 fully saturated rings. The number of fused-ring (bicyclic) bond motifs is 1. The molecule has 0 aliphatic heterocycles. The molecule has 0 amide bonds. The Hall–Kier alpha value is -1.59. The van der Waals surface area contributed by atoms with E-state index in [0.717, 1.165) is 34.0 Å². The molecule has 3 nitrogen and oxygen atoms in total. The van der Waals surface area contributed by atoms with Crippen LogP contribution < -0.4 is 5.56 Å². The van der Waals surface area contributed by atoms with Crippen LogP contribution in [-0.4, -0.2) is 9.55 Å². The van der Waals surface area contributed by atoms with Crippen LogP contribution in [0, 0.1) is 0 Å². The van der Waals surface area contributed by atoms with Gasteiger partial charge in [0.15, 0.2) is 5.16 Å². The fourth-order valence-electron chi connectivity index (χ4n) is 3.39. The molecule has 1 saturated carbocycles. The second kappa shape index (κ2) is 7.11. The van der Waals surface area contributed by atoms with Gasteiger partial charge in [0.25, 0.3) is 5.56 Å². The number of benzene rings is 1. The van der Waals surface area contributed by atoms with Gasteiger partial charge in [0.1, 0.15) is 4.70 Å². The van der Waals surface area contributed by atoms with Crippen LogP contribution in [0.5, 0.6) is 0 Å². The van der Waals surface area contributed by atoms with Gasteiger partial charge in [0, 0.05) is 11.8 Å². The Morgan fingerprint density at radius 3 is 2.71 bits per heavy atom. The molecule has 1 aromatic carbocycles. The van der Waals surface area contributed by atoms with Gasteiger partial charge in [-0.05, 0) is 29.9 Å². The maximum absolute atomic E-state index is 13.0. The lowest BCUT2D eigenvalue weighted by molar-refractivity contribution is 0.326. The molecule has 0 N–H and O–H groups in total. The third kappa shape index (κ3) is 3.15. The van der Waals surface area contributed by atoms with E-state index in [1.807, 2.05) is 22.1 Å². The van der Waals surface area contributed by atoms with Gasteiger partial charge in [-0.25, -0.2) is 4.98 Å². The van der Waals surface area contributed by atoms with Gasteiger partial charge in [0.2, 0.25) is 0 Å². The van der Waals surface area contributed by atoms with E-state index < -0.39 is 0 Å². The average molecular weight is 357 g/mol. The van der Waals surface area contributed by atoms with Crippen molar-refractivity contribution in [2.75, 3.05) is 0 Å². The van der Waals surface area contributed by atoms with Crippen LogP contribution in [0.15, 0.2) is 51.7 Å². The zero-order valence-electron chi connectivity index (χ0n) is 13.5. The quantitative estimate of drug-likeness (QED) is 0.473. The van der Waals surface area contributed by atoms with Crippen molar-refractivity contribution in [2.24, 2.45) is 0 Å². The summed E-state index contributed by atoms with van der Waals surface area (Å²) in [5, 5.41) is 2.84. The van der Waals surface area contributed by atoms with E-state index in [0.29, 0.717) is 6.04 Å². The van der Waals surface area contributed by atoms with Crippen molar-refractivity contribution < 1.29 is 0 Å². The maximum atomic E-state index is 13.0. The first kappa shape index (κ1) is 15.9. The topological polar surface area (TPSA) is 34.9 Å². The summed E-state index contributed by atoms with van der Waals surface area (Å²) in [5.74, 6) is 0.843. The first-order valence-electron chi connectivity index (χ1n) is 8.49. The third-order valence-electron chi connectivity index (χ3n) is 4.63. The number of thioether (sulfide) groups is 1. The maximum Gasteiger partial charge on any atom is 0.272 e. The largest absolute Gasteiger partial charge is 0.283 e. The van der Waals surface area contributed by atoms with Gasteiger partial charge >= 0.3 is 0 Å². The highest BCUT2D eigenvalue weighted by molar-refractivity contribution is 7.98. The Labute approximate surface area is 149 Å². The number of aromatic nitrogens is 2. The molecule has 124 valence electrons. The molecule has 2 heterocycles. The highest BCUT2D eigenvalue weighted by atomic mass is 32.2. The molecule has 0 unspecified atom stereocenters. The molecular weight excluding hydrogens is 336 g/mol. The molecule has 1 aliphatic rings. The second-order valence-electron chi connectivity index (χ2n) is 6.27. The molecule has 0 radical (unpaired) electrons. The highest BCUT2D eigenvalue weighted by Crippen LogP contribution is 2.32. The molecular formula is C19H20N2OS2. The van der Waals surface area contributed by atoms with Gasteiger partial charge in [-0.15, -0.1) is 11.3 Å². The summed E-state index contributed by atoms with van der Waals surface area (Å²) >= 11 is 3.19. The standard InChI is InChI=1S/C19H20N2OS2/c22-18-17-16(11-12-23-17)20-19(21(18)15-9-5-2-6-10-15)24-13-14-7-3-1-4-8-14/h1,3-4,7-8,11-12,15H,2,5-6,9-10,13H2. The summed E-state index contributed by atoms with van der Waals surface area (Å²) in [7, 11) is 0. The molecule has 4 rings (SSSR count). The van der Waals surface area contributed by atoms with Crippen LogP contribution in [0.1, 0.15) is 43.7 Å². The van der Waals surface area contributed by atoms with Gasteiger partial charge < -0.3 is 0 Å². The number of thiophene rings is 1. The van der Waals surface area contributed by atoms with Crippen molar-refractivity contribution >= 4 is 33.3 Å². The molecule has 5 heteroatoms. The van der Waals surface area contributed by atoms with Crippen LogP contribution in [-0.2, 0) is 5.75 Å². The third-order valence-corrected chi connectivity index (χ3v) is 6.55. The Kier molecular flexibility index (Phi) is 4.72. The van der Waals surface area contributed by atoms with E-state index in [2.05, 4.69) is 24.3 Å². The molecule has 24 heavy (non-hydrogen) atoms. The minimum Gasteiger partial charge on any atom is -0.283 e. The summed E-state index contributed by atoms with van der Waals surface area (Å²) in [6.07, 6.45) is 5.89. The molecule has 3 aromatic rings. The van der Waals surface area contributed by atoms with E-state index in [1.165, 1.54) is 36.2 Å². The summed E-state index contributed by atoms with van der Waals surface area (Å²) in [4.78, 5) is 17.9. The monoisotopic (exact) mass is 356 g/mol. The van der Waals surface area contributed by atoms with Crippen LogP contribution in [0.25, 0.3) is 10.2 Å². The zero-order valence-corrected chi connectivity index (χ0v) is 15.1. The van der Waals surface area contributed by atoms with Gasteiger partial charge in [0.05, 0.1) is 5.52 Å². The predicted molar refractivity (Wildman–Crippen MR) is 102 cm³/mol. The van der Waals surface area contributed by atoms with Gasteiger partial charge in [-0.1, -0.05) is 61.4 Å². The van der Waals surface area contributed by atoms with Crippen LogP contribution >= 0.6 is 23.1 Å². The van der Waals surface area contributed by atoms with E-state index >= 15 is 0 Å². The van der Waals surface area contributed by atoms with Gasteiger partial charge in [-0.3, -0.25) is 9.36 Å². The fraction of sp³-hybridized carbons (Fsp3) is 0.368. The SMILES string of the molecule is O=c1c2sccc2nc(SCc2ccccc2)n1C1CCCCC1. The van der Waals surface area contributed by atoms with Crippen molar-refractivity contribution in [2.45, 2.75) is 49.1 Å². The molecule has 0 atom stereocenters. The molecule has 0 bridgehead atoms. The predicted octanol–water partition coefficient (Wildman–Crippen LogP) is 5.26. The van der Waals surface area contributed by atoms with Crippen LogP contribution in [0.3, 0.4) is 0 Å². The molecule has 0 saturated heterocycles. The Bertz CT molecular complexity index is 879. The molecule has 2 aromatic heterocycles. The van der Waals surface area contributed by atoms with Crippen molar-refractivity contribution in [3.8, 4) is 0 Å². The smallest absolute Gasteiger partial charge is 0.272 e. The van der Waals surface area contributed by atoms with Crippen LogP contribution in [0.2, 0.25) is 0 Å². The lowest BCUT2D eigenvalue weighted by Crippen LogP contribution is -2.28. The number of rotatable bonds is 4. The first-order valence-corrected chi connectivity index (χ1v) is 10.4. The Morgan fingerprint density at radius 1 is 1.12 bits per heavy atom. The van der Waals surface area contributed by atoms with Crippen LogP contribution in [0.4, 0.5) is 0 Å². The van der Waals surface area contributed by atoms with E-state index in [4.69, 9.17) is 4.98 Å². The first-order chi connectivity index (χ1) is 11.8. The van der Waals surface area contributed by atoms with E-state index in [1.54, 1.807) is 11.8 Å². The summed E-state index contributed by atoms with van der Waals surface area (Å²) in [6.45, 7) is 0. The zero-order chi connectivity index (χ0) is 16.4. The lowest BCUT2D eigenvalue weighted by Gasteiger charge is -2.25. The summed E-state index contributed by atoms with van der Waals surface area (Å²) in [5.41, 5.74) is 2.25.